The van der Waals surface area contributed by atoms with Crippen molar-refractivity contribution in [1.29, 1.82) is 0 Å². The molecule has 0 unspecified atom stereocenters. The molecule has 0 aromatic carbocycles. The zero-order valence-corrected chi connectivity index (χ0v) is 7.77. The molecule has 0 saturated heterocycles. The molecular formula is C8H13N3O2. The number of aliphatic carboxylic acids is 1. The van der Waals surface area contributed by atoms with Crippen molar-refractivity contribution in [3.63, 3.8) is 0 Å². The number of aryl methyl sites for hydroxylation is 1. The third kappa shape index (κ3) is 2.85. The monoisotopic (exact) mass is 183 g/mol. The molecule has 5 heteroatoms. The van der Waals surface area contributed by atoms with E-state index in [0.717, 1.165) is 5.69 Å². The predicted octanol–water partition coefficient (Wildman–Crippen LogP) is 0.876. The number of carbonyl (C=O) groups is 1. The Morgan fingerprint density at radius 2 is 2.38 bits per heavy atom. The second-order valence-corrected chi connectivity index (χ2v) is 3.20. The highest BCUT2D eigenvalue weighted by Crippen LogP contribution is 2.08. The molecule has 0 atom stereocenters. The highest BCUT2D eigenvalue weighted by atomic mass is 16.4. The molecule has 1 aromatic heterocycles. The van der Waals surface area contributed by atoms with E-state index in [4.69, 9.17) is 5.11 Å². The molecule has 1 rings (SSSR count). The standard InChI is InChI=1S/C8H13N3O2/c1-6(2)7-5-11(10-9-7)4-3-8(12)13/h5-6H,3-4H2,1-2H3,(H,12,13). The van der Waals surface area contributed by atoms with Crippen LogP contribution in [0.4, 0.5) is 0 Å². The first-order valence-corrected chi connectivity index (χ1v) is 4.21. The van der Waals surface area contributed by atoms with Crippen LogP contribution in [-0.2, 0) is 11.3 Å². The first-order valence-electron chi connectivity index (χ1n) is 4.21. The van der Waals surface area contributed by atoms with Crippen molar-refractivity contribution in [2.45, 2.75) is 32.7 Å². The highest BCUT2D eigenvalue weighted by Gasteiger charge is 2.05. The van der Waals surface area contributed by atoms with Gasteiger partial charge in [0.25, 0.3) is 0 Å². The van der Waals surface area contributed by atoms with E-state index in [2.05, 4.69) is 10.3 Å². The summed E-state index contributed by atoms with van der Waals surface area (Å²) >= 11 is 0. The van der Waals surface area contributed by atoms with Gasteiger partial charge in [0.15, 0.2) is 0 Å². The van der Waals surface area contributed by atoms with E-state index in [1.165, 1.54) is 0 Å². The van der Waals surface area contributed by atoms with Crippen LogP contribution in [0.2, 0.25) is 0 Å². The summed E-state index contributed by atoms with van der Waals surface area (Å²) in [5.41, 5.74) is 0.894. The Kier molecular flexibility index (Phi) is 3.00. The van der Waals surface area contributed by atoms with Gasteiger partial charge in [0.2, 0.25) is 0 Å². The number of hydrogen-bond donors (Lipinski definition) is 1. The van der Waals surface area contributed by atoms with E-state index in [1.54, 1.807) is 10.9 Å². The molecule has 5 nitrogen and oxygen atoms in total. The second-order valence-electron chi connectivity index (χ2n) is 3.20. The summed E-state index contributed by atoms with van der Waals surface area (Å²) in [6.07, 6.45) is 1.87. The smallest absolute Gasteiger partial charge is 0.305 e. The van der Waals surface area contributed by atoms with Crippen molar-refractivity contribution in [3.8, 4) is 0 Å². The lowest BCUT2D eigenvalue weighted by atomic mass is 10.2. The van der Waals surface area contributed by atoms with Crippen molar-refractivity contribution in [3.05, 3.63) is 11.9 Å². The quantitative estimate of drug-likeness (QED) is 0.752. The lowest BCUT2D eigenvalue weighted by Crippen LogP contribution is -2.04. The molecule has 0 saturated carbocycles. The van der Waals surface area contributed by atoms with Crippen LogP contribution >= 0.6 is 0 Å². The molecular weight excluding hydrogens is 170 g/mol. The van der Waals surface area contributed by atoms with Gasteiger partial charge in [0, 0.05) is 6.20 Å². The molecule has 0 aliphatic heterocycles. The number of carboxylic acid groups (broad SMARTS) is 1. The van der Waals surface area contributed by atoms with E-state index in [-0.39, 0.29) is 6.42 Å². The number of nitrogens with zero attached hydrogens (tertiary/aromatic N) is 3. The van der Waals surface area contributed by atoms with E-state index < -0.39 is 5.97 Å². The Labute approximate surface area is 76.4 Å². The van der Waals surface area contributed by atoms with Gasteiger partial charge in [-0.15, -0.1) is 5.10 Å². The molecule has 1 N–H and O–H groups in total. The van der Waals surface area contributed by atoms with Crippen molar-refractivity contribution < 1.29 is 9.90 Å². The molecule has 72 valence electrons. The highest BCUT2D eigenvalue weighted by molar-refractivity contribution is 5.66. The molecule has 0 amide bonds. The minimum Gasteiger partial charge on any atom is -0.481 e. The summed E-state index contributed by atoms with van der Waals surface area (Å²) in [6, 6.07) is 0. The summed E-state index contributed by atoms with van der Waals surface area (Å²) < 4.78 is 1.56. The van der Waals surface area contributed by atoms with Crippen LogP contribution in [0.25, 0.3) is 0 Å². The number of hydrogen-bond acceptors (Lipinski definition) is 3. The average molecular weight is 183 g/mol. The number of aromatic nitrogens is 3. The van der Waals surface area contributed by atoms with Crippen LogP contribution in [0.3, 0.4) is 0 Å². The Morgan fingerprint density at radius 3 is 2.85 bits per heavy atom. The summed E-state index contributed by atoms with van der Waals surface area (Å²) in [5, 5.41) is 16.2. The first kappa shape index (κ1) is 9.70. The molecule has 1 heterocycles. The van der Waals surface area contributed by atoms with Gasteiger partial charge in [-0.05, 0) is 5.92 Å². The minimum atomic E-state index is -0.818. The number of rotatable bonds is 4. The van der Waals surface area contributed by atoms with Crippen LogP contribution in [-0.4, -0.2) is 26.1 Å². The molecule has 0 aliphatic rings. The zero-order chi connectivity index (χ0) is 9.84. The van der Waals surface area contributed by atoms with Crippen molar-refractivity contribution in [2.24, 2.45) is 0 Å². The SMILES string of the molecule is CC(C)c1cn(CCC(=O)O)nn1. The van der Waals surface area contributed by atoms with Crippen molar-refractivity contribution >= 4 is 5.97 Å². The Balaban J connectivity index is 2.54. The molecule has 0 radical (unpaired) electrons. The summed E-state index contributed by atoms with van der Waals surface area (Å²) in [6.45, 7) is 4.42. The maximum atomic E-state index is 10.3. The van der Waals surface area contributed by atoms with Gasteiger partial charge >= 0.3 is 5.97 Å². The fraction of sp³-hybridized carbons (Fsp3) is 0.625. The van der Waals surface area contributed by atoms with Crippen LogP contribution in [0, 0.1) is 0 Å². The second kappa shape index (κ2) is 4.02. The van der Waals surface area contributed by atoms with Gasteiger partial charge in [-0.1, -0.05) is 19.1 Å². The maximum absolute atomic E-state index is 10.3. The molecule has 0 aliphatic carbocycles. The summed E-state index contributed by atoms with van der Waals surface area (Å²) in [7, 11) is 0. The minimum absolute atomic E-state index is 0.0842. The third-order valence-electron chi connectivity index (χ3n) is 1.70. The summed E-state index contributed by atoms with van der Waals surface area (Å²) in [5.74, 6) is -0.486. The zero-order valence-electron chi connectivity index (χ0n) is 7.77. The van der Waals surface area contributed by atoms with Gasteiger partial charge in [-0.3, -0.25) is 9.48 Å². The van der Waals surface area contributed by atoms with Crippen molar-refractivity contribution in [1.82, 2.24) is 15.0 Å². The largest absolute Gasteiger partial charge is 0.481 e. The molecule has 1 aromatic rings. The Bertz CT molecular complexity index is 293. The van der Waals surface area contributed by atoms with E-state index in [0.29, 0.717) is 12.5 Å². The lowest BCUT2D eigenvalue weighted by molar-refractivity contribution is -0.137. The maximum Gasteiger partial charge on any atom is 0.305 e. The predicted molar refractivity (Wildman–Crippen MR) is 46.4 cm³/mol. The fourth-order valence-electron chi connectivity index (χ4n) is 0.897. The van der Waals surface area contributed by atoms with Crippen LogP contribution in [0.1, 0.15) is 31.9 Å². The molecule has 13 heavy (non-hydrogen) atoms. The van der Waals surface area contributed by atoms with Gasteiger partial charge in [0.05, 0.1) is 18.7 Å². The summed E-state index contributed by atoms with van der Waals surface area (Å²) in [4.78, 5) is 10.3. The van der Waals surface area contributed by atoms with Crippen LogP contribution in [0.5, 0.6) is 0 Å². The molecule has 0 spiro atoms. The third-order valence-corrected chi connectivity index (χ3v) is 1.70. The Morgan fingerprint density at radius 1 is 1.69 bits per heavy atom. The normalized spacial score (nSPS) is 10.7. The van der Waals surface area contributed by atoms with Crippen molar-refractivity contribution in [2.75, 3.05) is 0 Å². The van der Waals surface area contributed by atoms with E-state index >= 15 is 0 Å². The van der Waals surface area contributed by atoms with Gasteiger partial charge in [0.1, 0.15) is 0 Å². The number of carboxylic acids is 1. The van der Waals surface area contributed by atoms with Crippen LogP contribution < -0.4 is 0 Å². The molecule has 0 bridgehead atoms. The fourth-order valence-corrected chi connectivity index (χ4v) is 0.897. The van der Waals surface area contributed by atoms with Gasteiger partial charge in [-0.2, -0.15) is 0 Å². The van der Waals surface area contributed by atoms with Gasteiger partial charge < -0.3 is 5.11 Å². The van der Waals surface area contributed by atoms with Crippen LogP contribution in [0.15, 0.2) is 6.20 Å². The lowest BCUT2D eigenvalue weighted by Gasteiger charge is -1.96. The average Bonchev–Trinajstić information content (AvgIpc) is 2.48. The molecule has 0 fully saturated rings. The van der Waals surface area contributed by atoms with E-state index in [1.807, 2.05) is 13.8 Å². The Hall–Kier alpha value is -1.39. The van der Waals surface area contributed by atoms with E-state index in [9.17, 15) is 4.79 Å². The van der Waals surface area contributed by atoms with Gasteiger partial charge in [-0.25, -0.2) is 0 Å². The topological polar surface area (TPSA) is 68.0 Å². The first-order chi connectivity index (χ1) is 6.09.